The quantitative estimate of drug-likeness (QED) is 0.618. The molecular formula is C14H20N2O5. The second-order valence-electron chi connectivity index (χ2n) is 5.86. The van der Waals surface area contributed by atoms with Gasteiger partial charge in [-0.25, -0.2) is 0 Å². The molecule has 21 heavy (non-hydrogen) atoms. The predicted molar refractivity (Wildman–Crippen MR) is 78.8 cm³/mol. The number of nitro groups is 1. The SMILES string of the molecule is COc1cc(NC(C)(C)C(C)(C)C(=O)O)cc([N+](=O)[O-])c1. The number of methoxy groups -OCH3 is 1. The van der Waals surface area contributed by atoms with Crippen LogP contribution in [0.25, 0.3) is 0 Å². The van der Waals surface area contributed by atoms with Crippen molar-refractivity contribution in [2.24, 2.45) is 5.41 Å². The Hall–Kier alpha value is -2.31. The van der Waals surface area contributed by atoms with Crippen molar-refractivity contribution in [3.8, 4) is 5.75 Å². The van der Waals surface area contributed by atoms with Crippen LogP contribution in [-0.2, 0) is 4.79 Å². The van der Waals surface area contributed by atoms with Crippen molar-refractivity contribution in [3.63, 3.8) is 0 Å². The number of carboxylic acid groups (broad SMARTS) is 1. The van der Waals surface area contributed by atoms with Crippen LogP contribution in [0, 0.1) is 15.5 Å². The fourth-order valence-electron chi connectivity index (χ4n) is 1.66. The summed E-state index contributed by atoms with van der Waals surface area (Å²) in [7, 11) is 1.41. The van der Waals surface area contributed by atoms with Gasteiger partial charge in [-0.3, -0.25) is 14.9 Å². The predicted octanol–water partition coefficient (Wildman–Crippen LogP) is 2.90. The molecule has 1 rings (SSSR count). The maximum absolute atomic E-state index is 11.4. The second-order valence-corrected chi connectivity index (χ2v) is 5.86. The molecule has 0 aliphatic heterocycles. The van der Waals surface area contributed by atoms with Gasteiger partial charge in [-0.1, -0.05) is 0 Å². The van der Waals surface area contributed by atoms with E-state index in [1.54, 1.807) is 33.8 Å². The van der Waals surface area contributed by atoms with Crippen molar-refractivity contribution in [1.82, 2.24) is 0 Å². The van der Waals surface area contributed by atoms with E-state index < -0.39 is 21.8 Å². The third-order valence-electron chi connectivity index (χ3n) is 3.89. The molecule has 0 heterocycles. The molecule has 116 valence electrons. The molecule has 0 aliphatic carbocycles. The summed E-state index contributed by atoms with van der Waals surface area (Å²) in [6, 6.07) is 4.25. The van der Waals surface area contributed by atoms with Gasteiger partial charge in [0.2, 0.25) is 0 Å². The first kappa shape index (κ1) is 16.7. The Morgan fingerprint density at radius 2 is 1.86 bits per heavy atom. The summed E-state index contributed by atoms with van der Waals surface area (Å²) in [5.41, 5.74) is -1.61. The van der Waals surface area contributed by atoms with E-state index in [2.05, 4.69) is 5.32 Å². The molecular weight excluding hydrogens is 276 g/mol. The highest BCUT2D eigenvalue weighted by atomic mass is 16.6. The minimum atomic E-state index is -1.08. The summed E-state index contributed by atoms with van der Waals surface area (Å²) in [6.45, 7) is 6.65. The Labute approximate surface area is 123 Å². The van der Waals surface area contributed by atoms with Crippen molar-refractivity contribution >= 4 is 17.3 Å². The molecule has 1 aromatic carbocycles. The molecule has 0 fully saturated rings. The number of nitro benzene ring substituents is 1. The number of aliphatic carboxylic acids is 1. The Morgan fingerprint density at radius 3 is 2.29 bits per heavy atom. The second kappa shape index (κ2) is 5.59. The molecule has 0 atom stereocenters. The number of nitrogens with zero attached hydrogens (tertiary/aromatic N) is 1. The first-order valence-electron chi connectivity index (χ1n) is 6.36. The average Bonchev–Trinajstić information content (AvgIpc) is 2.37. The van der Waals surface area contributed by atoms with Gasteiger partial charge in [-0.05, 0) is 27.7 Å². The van der Waals surface area contributed by atoms with Crippen molar-refractivity contribution in [3.05, 3.63) is 28.3 Å². The maximum atomic E-state index is 11.4. The van der Waals surface area contributed by atoms with E-state index >= 15 is 0 Å². The van der Waals surface area contributed by atoms with Gasteiger partial charge < -0.3 is 15.2 Å². The van der Waals surface area contributed by atoms with E-state index in [0.717, 1.165) is 0 Å². The fourth-order valence-corrected chi connectivity index (χ4v) is 1.66. The van der Waals surface area contributed by atoms with Gasteiger partial charge in [0.15, 0.2) is 0 Å². The summed E-state index contributed by atoms with van der Waals surface area (Å²) in [5, 5.41) is 23.3. The molecule has 0 saturated heterocycles. The van der Waals surface area contributed by atoms with Crippen LogP contribution in [0.1, 0.15) is 27.7 Å². The fraction of sp³-hybridized carbons (Fsp3) is 0.500. The Balaban J connectivity index is 3.20. The maximum Gasteiger partial charge on any atom is 0.311 e. The van der Waals surface area contributed by atoms with E-state index in [1.807, 2.05) is 0 Å². The van der Waals surface area contributed by atoms with E-state index in [9.17, 15) is 20.0 Å². The highest BCUT2D eigenvalue weighted by Gasteiger charge is 2.43. The van der Waals surface area contributed by atoms with Crippen molar-refractivity contribution < 1.29 is 19.6 Å². The molecule has 0 aliphatic rings. The zero-order chi connectivity index (χ0) is 16.4. The first-order chi connectivity index (χ1) is 9.51. The van der Waals surface area contributed by atoms with Crippen molar-refractivity contribution in [2.75, 3.05) is 12.4 Å². The molecule has 7 nitrogen and oxygen atoms in total. The van der Waals surface area contributed by atoms with Crippen LogP contribution >= 0.6 is 0 Å². The minimum absolute atomic E-state index is 0.124. The number of hydrogen-bond acceptors (Lipinski definition) is 5. The van der Waals surface area contributed by atoms with E-state index in [-0.39, 0.29) is 5.69 Å². The zero-order valence-electron chi connectivity index (χ0n) is 12.8. The van der Waals surface area contributed by atoms with Gasteiger partial charge in [-0.15, -0.1) is 0 Å². The highest BCUT2D eigenvalue weighted by molar-refractivity contribution is 5.76. The van der Waals surface area contributed by atoms with Crippen LogP contribution < -0.4 is 10.1 Å². The molecule has 0 bridgehead atoms. The Bertz CT molecular complexity index is 566. The number of hydrogen-bond donors (Lipinski definition) is 2. The molecule has 7 heteroatoms. The summed E-state index contributed by atoms with van der Waals surface area (Å²) < 4.78 is 5.03. The largest absolute Gasteiger partial charge is 0.496 e. The van der Waals surface area contributed by atoms with Crippen LogP contribution in [0.5, 0.6) is 5.75 Å². The van der Waals surface area contributed by atoms with Gasteiger partial charge in [0.05, 0.1) is 23.5 Å². The van der Waals surface area contributed by atoms with Crippen molar-refractivity contribution in [1.29, 1.82) is 0 Å². The lowest BCUT2D eigenvalue weighted by Crippen LogP contribution is -2.50. The number of rotatable bonds is 6. The van der Waals surface area contributed by atoms with Crippen LogP contribution in [0.4, 0.5) is 11.4 Å². The Kier molecular flexibility index (Phi) is 4.46. The first-order valence-corrected chi connectivity index (χ1v) is 6.36. The number of anilines is 1. The van der Waals surface area contributed by atoms with Crippen molar-refractivity contribution in [2.45, 2.75) is 33.2 Å². The molecule has 0 amide bonds. The lowest BCUT2D eigenvalue weighted by atomic mass is 9.74. The average molecular weight is 296 g/mol. The van der Waals surface area contributed by atoms with Gasteiger partial charge in [0.1, 0.15) is 5.75 Å². The summed E-state index contributed by atoms with van der Waals surface area (Å²) in [5.74, 6) is -0.631. The van der Waals surface area contributed by atoms with Crippen LogP contribution in [0.2, 0.25) is 0 Å². The normalized spacial score (nSPS) is 11.9. The molecule has 2 N–H and O–H groups in total. The van der Waals surface area contributed by atoms with Crippen LogP contribution in [-0.4, -0.2) is 28.6 Å². The molecule has 0 aromatic heterocycles. The minimum Gasteiger partial charge on any atom is -0.496 e. The summed E-state index contributed by atoms with van der Waals surface area (Å²) >= 11 is 0. The monoisotopic (exact) mass is 296 g/mol. The number of carboxylic acids is 1. The molecule has 0 radical (unpaired) electrons. The van der Waals surface area contributed by atoms with E-state index in [0.29, 0.717) is 11.4 Å². The van der Waals surface area contributed by atoms with E-state index in [4.69, 9.17) is 4.74 Å². The van der Waals surface area contributed by atoms with Gasteiger partial charge in [0.25, 0.3) is 5.69 Å². The third-order valence-corrected chi connectivity index (χ3v) is 3.89. The number of non-ortho nitro benzene ring substituents is 1. The third kappa shape index (κ3) is 3.42. The zero-order valence-corrected chi connectivity index (χ0v) is 12.8. The smallest absolute Gasteiger partial charge is 0.311 e. The summed E-state index contributed by atoms with van der Waals surface area (Å²) in [6.07, 6.45) is 0. The summed E-state index contributed by atoms with van der Waals surface area (Å²) in [4.78, 5) is 21.8. The number of ether oxygens (including phenoxy) is 1. The van der Waals surface area contributed by atoms with E-state index in [1.165, 1.54) is 19.2 Å². The van der Waals surface area contributed by atoms with Crippen LogP contribution in [0.3, 0.4) is 0 Å². The molecule has 0 spiro atoms. The lowest BCUT2D eigenvalue weighted by Gasteiger charge is -2.39. The molecule has 0 saturated carbocycles. The van der Waals surface area contributed by atoms with Gasteiger partial charge in [-0.2, -0.15) is 0 Å². The number of nitrogens with one attached hydrogen (secondary N) is 1. The van der Waals surface area contributed by atoms with Gasteiger partial charge in [0, 0.05) is 23.4 Å². The van der Waals surface area contributed by atoms with Gasteiger partial charge >= 0.3 is 5.97 Å². The number of benzene rings is 1. The number of carbonyl (C=O) groups is 1. The van der Waals surface area contributed by atoms with Crippen LogP contribution in [0.15, 0.2) is 18.2 Å². The lowest BCUT2D eigenvalue weighted by molar-refractivity contribution is -0.384. The highest BCUT2D eigenvalue weighted by Crippen LogP contribution is 2.36. The topological polar surface area (TPSA) is 102 Å². The molecule has 0 unspecified atom stereocenters. The Morgan fingerprint density at radius 1 is 1.29 bits per heavy atom. The molecule has 1 aromatic rings. The standard InChI is InChI=1S/C14H20N2O5/c1-13(2,12(17)18)14(3,4)15-9-6-10(16(19)20)8-11(7-9)21-5/h6-8,15H,1-5H3,(H,17,18).